The fourth-order valence-electron chi connectivity index (χ4n) is 2.60. The van der Waals surface area contributed by atoms with Crippen molar-refractivity contribution in [3.8, 4) is 0 Å². The van der Waals surface area contributed by atoms with Crippen molar-refractivity contribution < 1.29 is 5.11 Å². The van der Waals surface area contributed by atoms with Crippen molar-refractivity contribution in [1.82, 2.24) is 4.57 Å². The Kier molecular flexibility index (Phi) is 4.89. The van der Waals surface area contributed by atoms with Crippen molar-refractivity contribution in [2.45, 2.75) is 46.1 Å². The molecule has 1 aromatic heterocycles. The number of benzene rings is 1. The molecule has 0 fully saturated rings. The van der Waals surface area contributed by atoms with E-state index < -0.39 is 0 Å². The predicted molar refractivity (Wildman–Crippen MR) is 82.0 cm³/mol. The Bertz CT molecular complexity index is 559. The molecule has 0 atom stereocenters. The van der Waals surface area contributed by atoms with Crippen LogP contribution in [0.3, 0.4) is 0 Å². The van der Waals surface area contributed by atoms with Crippen LogP contribution in [-0.4, -0.2) is 16.3 Å². The van der Waals surface area contributed by atoms with E-state index in [4.69, 9.17) is 16.7 Å². The van der Waals surface area contributed by atoms with Crippen LogP contribution in [0.2, 0.25) is 5.02 Å². The Labute approximate surface area is 120 Å². The zero-order valence-corrected chi connectivity index (χ0v) is 12.5. The number of aliphatic hydroxyl groups is 1. The molecule has 2 rings (SSSR count). The fraction of sp³-hybridized carbons (Fsp3) is 0.500. The number of aryl methyl sites for hydroxylation is 3. The second-order valence-electron chi connectivity index (χ2n) is 5.10. The number of aromatic nitrogens is 1. The van der Waals surface area contributed by atoms with Gasteiger partial charge in [0, 0.05) is 29.8 Å². The molecule has 0 unspecified atom stereocenters. The maximum Gasteiger partial charge on any atom is 0.0527 e. The summed E-state index contributed by atoms with van der Waals surface area (Å²) < 4.78 is 2.33. The Morgan fingerprint density at radius 1 is 1.26 bits per heavy atom. The molecule has 1 heterocycles. The number of hydrogen-bond acceptors (Lipinski definition) is 1. The van der Waals surface area contributed by atoms with Gasteiger partial charge in [-0.15, -0.1) is 0 Å². The standard InChI is InChI=1S/C16H22ClNO/c1-3-4-9-18-11-13(6-5-10-19)14-7-8-15(17)12(2)16(14)18/h7-8,11,19H,3-6,9-10H2,1-2H3. The molecule has 1 aromatic carbocycles. The summed E-state index contributed by atoms with van der Waals surface area (Å²) in [6.45, 7) is 5.57. The molecule has 2 nitrogen and oxygen atoms in total. The second kappa shape index (κ2) is 6.44. The van der Waals surface area contributed by atoms with Gasteiger partial charge < -0.3 is 9.67 Å². The monoisotopic (exact) mass is 279 g/mol. The molecule has 0 amide bonds. The van der Waals surface area contributed by atoms with Crippen LogP contribution in [0.1, 0.15) is 37.3 Å². The largest absolute Gasteiger partial charge is 0.396 e. The Morgan fingerprint density at radius 3 is 2.74 bits per heavy atom. The highest BCUT2D eigenvalue weighted by Gasteiger charge is 2.12. The molecule has 0 aliphatic rings. The van der Waals surface area contributed by atoms with Crippen molar-refractivity contribution in [3.05, 3.63) is 34.5 Å². The van der Waals surface area contributed by atoms with Gasteiger partial charge in [-0.2, -0.15) is 0 Å². The van der Waals surface area contributed by atoms with Crippen LogP contribution < -0.4 is 0 Å². The molecule has 0 bridgehead atoms. The average Bonchev–Trinajstić information content (AvgIpc) is 2.77. The van der Waals surface area contributed by atoms with Gasteiger partial charge in [0.25, 0.3) is 0 Å². The van der Waals surface area contributed by atoms with Crippen molar-refractivity contribution in [3.63, 3.8) is 0 Å². The number of fused-ring (bicyclic) bond motifs is 1. The zero-order chi connectivity index (χ0) is 13.8. The maximum atomic E-state index is 9.02. The van der Waals surface area contributed by atoms with E-state index in [0.717, 1.165) is 30.0 Å². The van der Waals surface area contributed by atoms with Gasteiger partial charge in [-0.1, -0.05) is 31.0 Å². The molecule has 0 saturated carbocycles. The van der Waals surface area contributed by atoms with Crippen LogP contribution in [0, 0.1) is 6.92 Å². The summed E-state index contributed by atoms with van der Waals surface area (Å²) in [6.07, 6.45) is 6.33. The lowest BCUT2D eigenvalue weighted by Gasteiger charge is -2.07. The Balaban J connectivity index is 2.49. The molecule has 3 heteroatoms. The van der Waals surface area contributed by atoms with Gasteiger partial charge in [0.2, 0.25) is 0 Å². The highest BCUT2D eigenvalue weighted by molar-refractivity contribution is 6.32. The smallest absolute Gasteiger partial charge is 0.0527 e. The fourth-order valence-corrected chi connectivity index (χ4v) is 2.75. The highest BCUT2D eigenvalue weighted by atomic mass is 35.5. The van der Waals surface area contributed by atoms with Crippen LogP contribution in [0.15, 0.2) is 18.3 Å². The minimum Gasteiger partial charge on any atom is -0.396 e. The van der Waals surface area contributed by atoms with E-state index in [0.29, 0.717) is 0 Å². The molecule has 0 saturated heterocycles. The van der Waals surface area contributed by atoms with Gasteiger partial charge in [0.1, 0.15) is 0 Å². The molecule has 104 valence electrons. The summed E-state index contributed by atoms with van der Waals surface area (Å²) in [6, 6.07) is 4.09. The lowest BCUT2D eigenvalue weighted by molar-refractivity contribution is 0.288. The molecule has 19 heavy (non-hydrogen) atoms. The molecule has 0 spiro atoms. The van der Waals surface area contributed by atoms with Gasteiger partial charge in [-0.25, -0.2) is 0 Å². The summed E-state index contributed by atoms with van der Waals surface area (Å²) >= 11 is 6.25. The molecule has 0 aliphatic heterocycles. The summed E-state index contributed by atoms with van der Waals surface area (Å²) in [5.74, 6) is 0. The molecular weight excluding hydrogens is 258 g/mol. The van der Waals surface area contributed by atoms with Crippen LogP contribution in [0.4, 0.5) is 0 Å². The van der Waals surface area contributed by atoms with E-state index in [1.54, 1.807) is 0 Å². The molecule has 1 N–H and O–H groups in total. The van der Waals surface area contributed by atoms with Crippen LogP contribution in [0.5, 0.6) is 0 Å². The first-order chi connectivity index (χ1) is 9.19. The number of unbranched alkanes of at least 4 members (excludes halogenated alkanes) is 1. The number of hydrogen-bond donors (Lipinski definition) is 1. The second-order valence-corrected chi connectivity index (χ2v) is 5.50. The van der Waals surface area contributed by atoms with Gasteiger partial charge in [-0.3, -0.25) is 0 Å². The topological polar surface area (TPSA) is 25.2 Å². The van der Waals surface area contributed by atoms with E-state index in [1.807, 2.05) is 6.07 Å². The first-order valence-electron chi connectivity index (χ1n) is 7.06. The van der Waals surface area contributed by atoms with Crippen molar-refractivity contribution in [2.24, 2.45) is 0 Å². The Morgan fingerprint density at radius 2 is 2.05 bits per heavy atom. The first kappa shape index (κ1) is 14.4. The number of nitrogens with zero attached hydrogens (tertiary/aromatic N) is 1. The van der Waals surface area contributed by atoms with Crippen molar-refractivity contribution in [1.29, 1.82) is 0 Å². The quantitative estimate of drug-likeness (QED) is 0.837. The van der Waals surface area contributed by atoms with E-state index in [2.05, 4.69) is 30.7 Å². The number of rotatable bonds is 6. The van der Waals surface area contributed by atoms with E-state index in [-0.39, 0.29) is 6.61 Å². The van der Waals surface area contributed by atoms with E-state index in [9.17, 15) is 0 Å². The van der Waals surface area contributed by atoms with Crippen LogP contribution >= 0.6 is 11.6 Å². The minimum atomic E-state index is 0.244. The van der Waals surface area contributed by atoms with Crippen LogP contribution in [-0.2, 0) is 13.0 Å². The summed E-state index contributed by atoms with van der Waals surface area (Å²) in [5.41, 5.74) is 3.74. The third-order valence-corrected chi connectivity index (χ3v) is 4.08. The molecular formula is C16H22ClNO. The van der Waals surface area contributed by atoms with Crippen LogP contribution in [0.25, 0.3) is 10.9 Å². The van der Waals surface area contributed by atoms with Gasteiger partial charge >= 0.3 is 0 Å². The first-order valence-corrected chi connectivity index (χ1v) is 7.44. The Hall–Kier alpha value is -0.990. The third-order valence-electron chi connectivity index (χ3n) is 3.67. The molecule has 2 aromatic rings. The van der Waals surface area contributed by atoms with Gasteiger partial charge in [0.15, 0.2) is 0 Å². The van der Waals surface area contributed by atoms with Crippen molar-refractivity contribution in [2.75, 3.05) is 6.61 Å². The zero-order valence-electron chi connectivity index (χ0n) is 11.7. The van der Waals surface area contributed by atoms with Gasteiger partial charge in [-0.05, 0) is 43.4 Å². The van der Waals surface area contributed by atoms with E-state index in [1.165, 1.54) is 29.3 Å². The lowest BCUT2D eigenvalue weighted by atomic mass is 10.1. The van der Waals surface area contributed by atoms with Crippen molar-refractivity contribution >= 4 is 22.5 Å². The van der Waals surface area contributed by atoms with Gasteiger partial charge in [0.05, 0.1) is 5.52 Å². The minimum absolute atomic E-state index is 0.244. The normalized spacial score (nSPS) is 11.4. The third kappa shape index (κ3) is 2.96. The maximum absolute atomic E-state index is 9.02. The predicted octanol–water partition coefficient (Wildman–Crippen LogP) is 4.33. The lowest BCUT2D eigenvalue weighted by Crippen LogP contribution is -1.97. The summed E-state index contributed by atoms with van der Waals surface area (Å²) in [7, 11) is 0. The summed E-state index contributed by atoms with van der Waals surface area (Å²) in [5, 5.41) is 11.1. The average molecular weight is 280 g/mol. The highest BCUT2D eigenvalue weighted by Crippen LogP contribution is 2.30. The molecule has 0 radical (unpaired) electrons. The molecule has 0 aliphatic carbocycles. The number of aliphatic hydroxyl groups excluding tert-OH is 1. The summed E-state index contributed by atoms with van der Waals surface area (Å²) in [4.78, 5) is 0. The SMILES string of the molecule is CCCCn1cc(CCCO)c2ccc(Cl)c(C)c21. The van der Waals surface area contributed by atoms with E-state index >= 15 is 0 Å². The number of halogens is 1.